The van der Waals surface area contributed by atoms with Gasteiger partial charge in [-0.3, -0.25) is 4.79 Å². The molecule has 2 aliphatic rings. The van der Waals surface area contributed by atoms with Crippen molar-refractivity contribution >= 4 is 17.5 Å². The van der Waals surface area contributed by atoms with Crippen LogP contribution in [-0.2, 0) is 4.79 Å². The maximum Gasteiger partial charge on any atom is 0.219 e. The van der Waals surface area contributed by atoms with E-state index < -0.39 is 0 Å². The Kier molecular flexibility index (Phi) is 3.94. The average molecular weight is 289 g/mol. The first-order valence-electron chi connectivity index (χ1n) is 7.74. The molecular formula is C15H23N5O. The summed E-state index contributed by atoms with van der Waals surface area (Å²) in [6.45, 7) is 5.03. The van der Waals surface area contributed by atoms with E-state index in [4.69, 9.17) is 4.98 Å². The molecule has 0 bridgehead atoms. The fourth-order valence-corrected chi connectivity index (χ4v) is 2.73. The van der Waals surface area contributed by atoms with Crippen LogP contribution in [0.1, 0.15) is 37.9 Å². The fourth-order valence-electron chi connectivity index (χ4n) is 2.73. The summed E-state index contributed by atoms with van der Waals surface area (Å²) in [6, 6.07) is 2.01. The molecule has 0 spiro atoms. The van der Waals surface area contributed by atoms with E-state index in [1.807, 2.05) is 18.0 Å². The molecule has 1 aliphatic carbocycles. The van der Waals surface area contributed by atoms with E-state index in [-0.39, 0.29) is 5.91 Å². The van der Waals surface area contributed by atoms with Gasteiger partial charge in [0.05, 0.1) is 0 Å². The van der Waals surface area contributed by atoms with Crippen molar-refractivity contribution in [3.8, 4) is 0 Å². The van der Waals surface area contributed by atoms with Gasteiger partial charge >= 0.3 is 0 Å². The second-order valence-electron chi connectivity index (χ2n) is 5.84. The minimum absolute atomic E-state index is 0.161. The number of nitrogens with one attached hydrogen (secondary N) is 1. The highest BCUT2D eigenvalue weighted by molar-refractivity contribution is 5.73. The summed E-state index contributed by atoms with van der Waals surface area (Å²) >= 11 is 0. The molecule has 1 amide bonds. The molecule has 0 aromatic carbocycles. The first kappa shape index (κ1) is 14.1. The van der Waals surface area contributed by atoms with E-state index in [0.29, 0.717) is 5.92 Å². The Hall–Kier alpha value is -1.85. The molecule has 0 atom stereocenters. The molecule has 1 aromatic heterocycles. The van der Waals surface area contributed by atoms with Crippen LogP contribution >= 0.6 is 0 Å². The van der Waals surface area contributed by atoms with E-state index in [1.165, 1.54) is 12.8 Å². The first-order chi connectivity index (χ1) is 10.2. The summed E-state index contributed by atoms with van der Waals surface area (Å²) in [4.78, 5) is 25.0. The van der Waals surface area contributed by atoms with Crippen molar-refractivity contribution < 1.29 is 4.79 Å². The Labute approximate surface area is 125 Å². The maximum atomic E-state index is 11.5. The van der Waals surface area contributed by atoms with Crippen molar-refractivity contribution in [2.45, 2.75) is 32.1 Å². The molecule has 114 valence electrons. The second-order valence-corrected chi connectivity index (χ2v) is 5.84. The van der Waals surface area contributed by atoms with Gasteiger partial charge in [0.2, 0.25) is 5.91 Å². The zero-order valence-corrected chi connectivity index (χ0v) is 12.8. The number of hydrogen-bond donors (Lipinski definition) is 1. The lowest BCUT2D eigenvalue weighted by Crippen LogP contribution is -2.34. The third kappa shape index (κ3) is 3.25. The number of carbonyl (C=O) groups excluding carboxylic acids is 1. The normalized spacial score (nSPS) is 19.3. The molecule has 2 fully saturated rings. The highest BCUT2D eigenvalue weighted by atomic mass is 16.2. The van der Waals surface area contributed by atoms with Crippen LogP contribution in [0.4, 0.5) is 11.6 Å². The van der Waals surface area contributed by atoms with Gasteiger partial charge in [-0.1, -0.05) is 0 Å². The smallest absolute Gasteiger partial charge is 0.219 e. The van der Waals surface area contributed by atoms with E-state index in [2.05, 4.69) is 15.2 Å². The lowest BCUT2D eigenvalue weighted by atomic mass is 10.3. The highest BCUT2D eigenvalue weighted by Gasteiger charge is 2.28. The van der Waals surface area contributed by atoms with E-state index in [1.54, 1.807) is 6.92 Å². The van der Waals surface area contributed by atoms with Gasteiger partial charge < -0.3 is 15.1 Å². The SMILES string of the molecule is CNc1cc(N2CCCN(C(C)=O)CC2)nc(C2CC2)n1. The van der Waals surface area contributed by atoms with Crippen LogP contribution in [0.3, 0.4) is 0 Å². The zero-order valence-electron chi connectivity index (χ0n) is 12.8. The monoisotopic (exact) mass is 289 g/mol. The van der Waals surface area contributed by atoms with Gasteiger partial charge in [0.25, 0.3) is 0 Å². The summed E-state index contributed by atoms with van der Waals surface area (Å²) in [7, 11) is 1.89. The number of aromatic nitrogens is 2. The predicted molar refractivity (Wildman–Crippen MR) is 82.6 cm³/mol. The van der Waals surface area contributed by atoms with Crippen molar-refractivity contribution in [2.75, 3.05) is 43.4 Å². The van der Waals surface area contributed by atoms with E-state index in [9.17, 15) is 4.79 Å². The Morgan fingerprint density at radius 3 is 2.71 bits per heavy atom. The van der Waals surface area contributed by atoms with Crippen LogP contribution in [0.5, 0.6) is 0 Å². The molecule has 1 aromatic rings. The Bertz CT molecular complexity index is 529. The number of anilines is 2. The summed E-state index contributed by atoms with van der Waals surface area (Å²) in [5, 5.41) is 3.13. The summed E-state index contributed by atoms with van der Waals surface area (Å²) in [5.74, 6) is 3.53. The zero-order chi connectivity index (χ0) is 14.8. The Balaban J connectivity index is 1.79. The molecule has 0 unspecified atom stereocenters. The average Bonchev–Trinajstić information content (AvgIpc) is 3.32. The fraction of sp³-hybridized carbons (Fsp3) is 0.667. The minimum atomic E-state index is 0.161. The third-order valence-electron chi connectivity index (χ3n) is 4.19. The van der Waals surface area contributed by atoms with E-state index in [0.717, 1.165) is 50.1 Å². The van der Waals surface area contributed by atoms with Crippen LogP contribution in [0.2, 0.25) is 0 Å². The van der Waals surface area contributed by atoms with Crippen molar-refractivity contribution in [1.82, 2.24) is 14.9 Å². The maximum absolute atomic E-state index is 11.5. The van der Waals surface area contributed by atoms with Crippen molar-refractivity contribution in [3.05, 3.63) is 11.9 Å². The molecule has 6 heteroatoms. The molecule has 1 saturated carbocycles. The van der Waals surface area contributed by atoms with Gasteiger partial charge in [0, 0.05) is 52.1 Å². The van der Waals surface area contributed by atoms with Gasteiger partial charge in [-0.25, -0.2) is 9.97 Å². The topological polar surface area (TPSA) is 61.4 Å². The molecule has 2 heterocycles. The summed E-state index contributed by atoms with van der Waals surface area (Å²) < 4.78 is 0. The number of amides is 1. The lowest BCUT2D eigenvalue weighted by molar-refractivity contribution is -0.128. The number of hydrogen-bond acceptors (Lipinski definition) is 5. The Morgan fingerprint density at radius 1 is 1.24 bits per heavy atom. The first-order valence-corrected chi connectivity index (χ1v) is 7.74. The number of rotatable bonds is 3. The summed E-state index contributed by atoms with van der Waals surface area (Å²) in [5.41, 5.74) is 0. The molecule has 0 radical (unpaired) electrons. The molecule has 1 N–H and O–H groups in total. The number of nitrogens with zero attached hydrogens (tertiary/aromatic N) is 4. The Morgan fingerprint density at radius 2 is 2.05 bits per heavy atom. The van der Waals surface area contributed by atoms with Crippen LogP contribution in [0, 0.1) is 0 Å². The van der Waals surface area contributed by atoms with Crippen LogP contribution in [-0.4, -0.2) is 54.0 Å². The van der Waals surface area contributed by atoms with Gasteiger partial charge in [0.15, 0.2) is 0 Å². The van der Waals surface area contributed by atoms with Crippen LogP contribution in [0.25, 0.3) is 0 Å². The van der Waals surface area contributed by atoms with Crippen molar-refractivity contribution in [2.24, 2.45) is 0 Å². The highest BCUT2D eigenvalue weighted by Crippen LogP contribution is 2.39. The molecule has 1 aliphatic heterocycles. The van der Waals surface area contributed by atoms with Crippen LogP contribution < -0.4 is 10.2 Å². The van der Waals surface area contributed by atoms with Gasteiger partial charge in [0.1, 0.15) is 17.5 Å². The minimum Gasteiger partial charge on any atom is -0.373 e. The molecule has 6 nitrogen and oxygen atoms in total. The molecule has 1 saturated heterocycles. The molecule has 3 rings (SSSR count). The summed E-state index contributed by atoms with van der Waals surface area (Å²) in [6.07, 6.45) is 3.38. The number of carbonyl (C=O) groups is 1. The van der Waals surface area contributed by atoms with Gasteiger partial charge in [-0.15, -0.1) is 0 Å². The quantitative estimate of drug-likeness (QED) is 0.912. The van der Waals surface area contributed by atoms with Crippen molar-refractivity contribution in [3.63, 3.8) is 0 Å². The standard InChI is InChI=1S/C15H23N5O/c1-11(21)19-6-3-7-20(9-8-19)14-10-13(16-2)17-15(18-14)12-4-5-12/h10,12H,3-9H2,1-2H3,(H,16,17,18). The lowest BCUT2D eigenvalue weighted by Gasteiger charge is -2.23. The largest absolute Gasteiger partial charge is 0.373 e. The molecular weight excluding hydrogens is 266 g/mol. The van der Waals surface area contributed by atoms with Gasteiger partial charge in [-0.05, 0) is 19.3 Å². The second kappa shape index (κ2) is 5.87. The van der Waals surface area contributed by atoms with E-state index >= 15 is 0 Å². The van der Waals surface area contributed by atoms with Crippen molar-refractivity contribution in [1.29, 1.82) is 0 Å². The third-order valence-corrected chi connectivity index (χ3v) is 4.19. The van der Waals surface area contributed by atoms with Crippen LogP contribution in [0.15, 0.2) is 6.07 Å². The predicted octanol–water partition coefficient (Wildman–Crippen LogP) is 1.45. The molecule has 21 heavy (non-hydrogen) atoms. The van der Waals surface area contributed by atoms with Gasteiger partial charge in [-0.2, -0.15) is 0 Å².